The van der Waals surface area contributed by atoms with Gasteiger partial charge in [0.25, 0.3) is 0 Å². The molecule has 360 valence electrons. The number of hydrogen-bond acceptors (Lipinski definition) is 15. The van der Waals surface area contributed by atoms with Gasteiger partial charge >= 0.3 is 0 Å². The summed E-state index contributed by atoms with van der Waals surface area (Å²) in [5, 5.41) is 86.6. The van der Waals surface area contributed by atoms with Crippen LogP contribution in [0.4, 0.5) is 0 Å². The number of aliphatic hydroxyl groups is 8. The minimum atomic E-state index is -1.72. The maximum Gasteiger partial charge on any atom is 0.187 e. The zero-order chi connectivity index (χ0) is 46.0. The first-order valence-electron chi connectivity index (χ1n) is 23.9. The third-order valence-electron chi connectivity index (χ3n) is 19.2. The van der Waals surface area contributed by atoms with Gasteiger partial charge in [-0.3, -0.25) is 0 Å². The van der Waals surface area contributed by atoms with Gasteiger partial charge in [0.15, 0.2) is 18.9 Å². The van der Waals surface area contributed by atoms with Crippen LogP contribution >= 0.6 is 0 Å². The molecule has 8 aliphatic rings. The highest BCUT2D eigenvalue weighted by Crippen LogP contribution is 2.75. The zero-order valence-corrected chi connectivity index (χ0v) is 38.8. The summed E-state index contributed by atoms with van der Waals surface area (Å²) in [5.74, 6) is 0.904. The average molecular weight is 895 g/mol. The molecule has 23 atom stereocenters. The smallest absolute Gasteiger partial charge is 0.187 e. The van der Waals surface area contributed by atoms with E-state index >= 15 is 0 Å². The van der Waals surface area contributed by atoms with Crippen molar-refractivity contribution < 1.29 is 74.1 Å². The van der Waals surface area contributed by atoms with Gasteiger partial charge in [-0.15, -0.1) is 0 Å². The summed E-state index contributed by atoms with van der Waals surface area (Å²) in [6.45, 7) is 19.1. The summed E-state index contributed by atoms with van der Waals surface area (Å²) in [6.07, 6.45) is -8.71. The third-order valence-corrected chi connectivity index (χ3v) is 19.2. The van der Waals surface area contributed by atoms with E-state index in [0.717, 1.165) is 57.8 Å². The van der Waals surface area contributed by atoms with E-state index in [-0.39, 0.29) is 38.9 Å². The lowest BCUT2D eigenvalue weighted by Crippen LogP contribution is -2.67. The maximum absolute atomic E-state index is 13.0. The van der Waals surface area contributed by atoms with Crippen molar-refractivity contribution in [3.63, 3.8) is 0 Å². The van der Waals surface area contributed by atoms with Gasteiger partial charge in [0, 0.05) is 5.41 Å². The van der Waals surface area contributed by atoms with E-state index in [0.29, 0.717) is 12.3 Å². The van der Waals surface area contributed by atoms with Crippen molar-refractivity contribution >= 4 is 6.29 Å². The Hall–Kier alpha value is -1.15. The molecule has 3 saturated heterocycles. The van der Waals surface area contributed by atoms with Gasteiger partial charge in [-0.25, -0.2) is 0 Å². The van der Waals surface area contributed by atoms with Crippen LogP contribution in [0.25, 0.3) is 0 Å². The molecule has 0 aromatic carbocycles. The van der Waals surface area contributed by atoms with E-state index in [1.54, 1.807) is 0 Å². The second-order valence-electron chi connectivity index (χ2n) is 23.3. The van der Waals surface area contributed by atoms with E-state index in [1.807, 2.05) is 0 Å². The molecule has 0 amide bonds. The van der Waals surface area contributed by atoms with Gasteiger partial charge < -0.3 is 74.1 Å². The number of aldehydes is 1. The molecule has 0 radical (unpaired) electrons. The van der Waals surface area contributed by atoms with Gasteiger partial charge in [-0.05, 0) is 123 Å². The van der Waals surface area contributed by atoms with Crippen molar-refractivity contribution in [3.8, 4) is 0 Å². The van der Waals surface area contributed by atoms with Crippen LogP contribution in [-0.2, 0) is 33.2 Å². The number of ether oxygens (including phenoxy) is 6. The largest absolute Gasteiger partial charge is 0.394 e. The summed E-state index contributed by atoms with van der Waals surface area (Å²) >= 11 is 0. The Labute approximate surface area is 372 Å². The number of rotatable bonds is 8. The fraction of sp³-hybridized carbons (Fsp3) is 0.938. The molecule has 8 N–H and O–H groups in total. The van der Waals surface area contributed by atoms with E-state index < -0.39 is 110 Å². The first-order valence-corrected chi connectivity index (χ1v) is 23.9. The van der Waals surface area contributed by atoms with E-state index in [1.165, 1.54) is 25.7 Å². The Morgan fingerprint density at radius 2 is 1.24 bits per heavy atom. The number of fused-ring (bicyclic) bond motifs is 7. The van der Waals surface area contributed by atoms with Crippen LogP contribution in [0.15, 0.2) is 11.6 Å². The lowest BCUT2D eigenvalue weighted by Gasteiger charge is -2.71. The molecule has 4 saturated carbocycles. The van der Waals surface area contributed by atoms with Crippen LogP contribution in [-0.4, -0.2) is 152 Å². The molecule has 8 rings (SSSR count). The molecular formula is C48H78O15. The molecule has 3 heterocycles. The summed E-state index contributed by atoms with van der Waals surface area (Å²) in [4.78, 5) is 13.0. The van der Waals surface area contributed by atoms with Gasteiger partial charge in [0.1, 0.15) is 67.3 Å². The SMILES string of the molecule is C[C@@H]1O[C@@H](O[C@H]2[C@H](O[C@H]3CC[C@]4(C)[C@H]5CC=C6[C@@H]7CC(C)(C)CC[C@]7(C=O)CC[C@@]6(C)[C@]5(C)CC[C@H]4C3(C)C)O[C@H](CO)[C@@H](O[C@@H]3O[C@@H](C)[C@H](O)[C@@H](O)[C@H]3O)[C@@H]2O)[C@H](O)[C@H](O)[C@H]1O. The van der Waals surface area contributed by atoms with Crippen LogP contribution in [0, 0.1) is 50.2 Å². The minimum Gasteiger partial charge on any atom is -0.394 e. The van der Waals surface area contributed by atoms with Crippen LogP contribution in [0.1, 0.15) is 127 Å². The van der Waals surface area contributed by atoms with E-state index in [9.17, 15) is 45.6 Å². The molecule has 15 heteroatoms. The summed E-state index contributed by atoms with van der Waals surface area (Å²) < 4.78 is 37.2. The van der Waals surface area contributed by atoms with Gasteiger partial charge in [-0.1, -0.05) is 60.1 Å². The molecule has 0 spiro atoms. The van der Waals surface area contributed by atoms with Crippen LogP contribution in [0.5, 0.6) is 0 Å². The Morgan fingerprint density at radius 3 is 1.83 bits per heavy atom. The van der Waals surface area contributed by atoms with Gasteiger partial charge in [0.05, 0.1) is 24.9 Å². The highest BCUT2D eigenvalue weighted by Gasteiger charge is 2.69. The number of carbonyl (C=O) groups is 1. The molecule has 0 aromatic heterocycles. The molecule has 0 aromatic rings. The van der Waals surface area contributed by atoms with Crippen molar-refractivity contribution in [3.05, 3.63) is 11.6 Å². The predicted molar refractivity (Wildman–Crippen MR) is 226 cm³/mol. The summed E-state index contributed by atoms with van der Waals surface area (Å²) in [5.41, 5.74) is 0.984. The molecule has 5 aliphatic carbocycles. The number of aliphatic hydroxyl groups excluding tert-OH is 8. The quantitative estimate of drug-likeness (QED) is 0.0995. The Balaban J connectivity index is 1.06. The fourth-order valence-corrected chi connectivity index (χ4v) is 14.9. The van der Waals surface area contributed by atoms with Crippen molar-refractivity contribution in [2.24, 2.45) is 50.2 Å². The van der Waals surface area contributed by atoms with Crippen LogP contribution in [0.3, 0.4) is 0 Å². The maximum atomic E-state index is 13.0. The molecule has 15 nitrogen and oxygen atoms in total. The highest BCUT2D eigenvalue weighted by molar-refractivity contribution is 5.63. The van der Waals surface area contributed by atoms with E-state index in [2.05, 4.69) is 54.5 Å². The molecule has 0 bridgehead atoms. The number of hydrogen-bond donors (Lipinski definition) is 8. The van der Waals surface area contributed by atoms with Gasteiger partial charge in [0.2, 0.25) is 0 Å². The van der Waals surface area contributed by atoms with E-state index in [4.69, 9.17) is 28.4 Å². The normalized spacial score (nSPS) is 55.3. The Bertz CT molecular complexity index is 1710. The predicted octanol–water partition coefficient (Wildman–Crippen LogP) is 2.88. The summed E-state index contributed by atoms with van der Waals surface area (Å²) in [6, 6.07) is 0. The van der Waals surface area contributed by atoms with Crippen molar-refractivity contribution in [1.82, 2.24) is 0 Å². The van der Waals surface area contributed by atoms with Gasteiger partial charge in [-0.2, -0.15) is 0 Å². The molecule has 0 unspecified atom stereocenters. The number of carbonyl (C=O) groups excluding carboxylic acids is 1. The third kappa shape index (κ3) is 7.57. The topological polar surface area (TPSA) is 234 Å². The zero-order valence-electron chi connectivity index (χ0n) is 38.8. The second-order valence-corrected chi connectivity index (χ2v) is 23.3. The molecule has 7 fully saturated rings. The fourth-order valence-electron chi connectivity index (χ4n) is 14.9. The highest BCUT2D eigenvalue weighted by atomic mass is 16.8. The Morgan fingerprint density at radius 1 is 0.651 bits per heavy atom. The Kier molecular flexibility index (Phi) is 12.9. The monoisotopic (exact) mass is 895 g/mol. The minimum absolute atomic E-state index is 0.0257. The lowest BCUT2D eigenvalue weighted by atomic mass is 9.33. The van der Waals surface area contributed by atoms with Crippen LogP contribution < -0.4 is 0 Å². The average Bonchev–Trinajstić information content (AvgIpc) is 3.23. The first-order chi connectivity index (χ1) is 29.4. The van der Waals surface area contributed by atoms with Crippen molar-refractivity contribution in [2.45, 2.75) is 225 Å². The molecule has 3 aliphatic heterocycles. The van der Waals surface area contributed by atoms with Crippen molar-refractivity contribution in [2.75, 3.05) is 6.61 Å². The lowest BCUT2D eigenvalue weighted by molar-refractivity contribution is -0.393. The standard InChI is InChI=1S/C48H78O15/c1-23-31(51)33(53)35(55)40(58-23)62-38-27(21-49)60-42(39(37(38)57)63-41-36(56)34(54)32(52)24(2)59-41)61-30-13-14-45(7)28(44(30,5)6)12-15-47(9)29(45)11-10-25-26-20-43(3,4)16-18-48(26,22-50)19-17-46(25,47)8/h10,22-24,26-42,49,51-57H,11-21H2,1-9H3/t23-,24-,26-,27+,28-,29+,30-,31-,32-,33+,34+,35+,36+,37-,38+,39+,40-,41-,42-,45-,46+,47+,48+/m0/s1. The van der Waals surface area contributed by atoms with Crippen LogP contribution in [0.2, 0.25) is 0 Å². The first kappa shape index (κ1) is 48.3. The number of allylic oxidation sites excluding steroid dienone is 2. The molecular weight excluding hydrogens is 817 g/mol. The second kappa shape index (κ2) is 16.8. The molecule has 63 heavy (non-hydrogen) atoms. The van der Waals surface area contributed by atoms with Crippen molar-refractivity contribution in [1.29, 1.82) is 0 Å². The summed E-state index contributed by atoms with van der Waals surface area (Å²) in [7, 11) is 0.